The van der Waals surface area contributed by atoms with Gasteiger partial charge in [-0.15, -0.1) is 0 Å². The molecule has 0 bridgehead atoms. The minimum absolute atomic E-state index is 0.0714. The second-order valence-electron chi connectivity index (χ2n) is 6.84. The molecule has 0 unspecified atom stereocenters. The van der Waals surface area contributed by atoms with Crippen LogP contribution in [-0.4, -0.2) is 55.5 Å². The molecule has 7 nitrogen and oxygen atoms in total. The number of piperidine rings is 1. The fourth-order valence-corrected chi connectivity index (χ4v) is 3.28. The summed E-state index contributed by atoms with van der Waals surface area (Å²) in [6.45, 7) is 4.92. The second kappa shape index (κ2) is 8.80. The highest BCUT2D eigenvalue weighted by molar-refractivity contribution is 6.00. The lowest BCUT2D eigenvalue weighted by atomic mass is 10.0. The monoisotopic (exact) mass is 348 g/mol. The highest BCUT2D eigenvalue weighted by atomic mass is 16.6. The van der Waals surface area contributed by atoms with Gasteiger partial charge in [-0.25, -0.2) is 0 Å². The minimum Gasteiger partial charge on any atom is -0.377 e. The van der Waals surface area contributed by atoms with E-state index >= 15 is 0 Å². The molecular weight excluding hydrogens is 320 g/mol. The zero-order valence-corrected chi connectivity index (χ0v) is 15.3. The average Bonchev–Trinajstić information content (AvgIpc) is 2.59. The molecule has 1 amide bonds. The van der Waals surface area contributed by atoms with Crippen molar-refractivity contribution in [3.8, 4) is 0 Å². The Hall–Kier alpha value is -2.15. The molecule has 138 valence electrons. The van der Waals surface area contributed by atoms with Crippen LogP contribution in [0.2, 0.25) is 0 Å². The van der Waals surface area contributed by atoms with Gasteiger partial charge in [0, 0.05) is 51.0 Å². The number of carbonyl (C=O) groups excluding carboxylic acids is 1. The van der Waals surface area contributed by atoms with E-state index in [4.69, 9.17) is 0 Å². The largest absolute Gasteiger partial charge is 0.377 e. The summed E-state index contributed by atoms with van der Waals surface area (Å²) < 4.78 is 0. The third-order valence-electron chi connectivity index (χ3n) is 4.77. The normalized spacial score (nSPS) is 18.0. The lowest BCUT2D eigenvalue weighted by Crippen LogP contribution is -2.39. The Morgan fingerprint density at radius 2 is 2.16 bits per heavy atom. The van der Waals surface area contributed by atoms with E-state index in [0.29, 0.717) is 23.8 Å². The number of hydrogen-bond donors (Lipinski definition) is 1. The molecule has 1 aromatic rings. The van der Waals surface area contributed by atoms with Crippen molar-refractivity contribution in [2.75, 3.05) is 38.6 Å². The number of likely N-dealkylation sites (tertiary alicyclic amines) is 1. The molecule has 0 spiro atoms. The van der Waals surface area contributed by atoms with Crippen LogP contribution in [0.5, 0.6) is 0 Å². The molecule has 2 rings (SSSR count). The summed E-state index contributed by atoms with van der Waals surface area (Å²) in [5.74, 6) is -0.265. The molecule has 1 fully saturated rings. The summed E-state index contributed by atoms with van der Waals surface area (Å²) in [4.78, 5) is 27.2. The summed E-state index contributed by atoms with van der Waals surface area (Å²) in [7, 11) is 3.63. The van der Waals surface area contributed by atoms with Crippen LogP contribution in [-0.2, 0) is 0 Å². The summed E-state index contributed by atoms with van der Waals surface area (Å²) >= 11 is 0. The molecule has 0 aromatic heterocycles. The highest BCUT2D eigenvalue weighted by Crippen LogP contribution is 2.24. The van der Waals surface area contributed by atoms with Crippen LogP contribution >= 0.6 is 0 Å². The predicted molar refractivity (Wildman–Crippen MR) is 99.3 cm³/mol. The number of nitrogens with zero attached hydrogens (tertiary/aromatic N) is 3. The highest BCUT2D eigenvalue weighted by Gasteiger charge is 2.19. The summed E-state index contributed by atoms with van der Waals surface area (Å²) in [5.41, 5.74) is 0.941. The quantitative estimate of drug-likeness (QED) is 0.465. The van der Waals surface area contributed by atoms with E-state index < -0.39 is 4.92 Å². The first-order valence-electron chi connectivity index (χ1n) is 8.88. The third kappa shape index (κ3) is 5.16. The molecule has 0 saturated carbocycles. The molecule has 0 radical (unpaired) electrons. The SMILES string of the molecule is C[C@H]1CCCCN1CCCNC(=O)c1cc([N+](=O)[O-])ccc1N(C)C. The molecule has 1 aromatic carbocycles. The minimum atomic E-state index is -0.478. The summed E-state index contributed by atoms with van der Waals surface area (Å²) in [6, 6.07) is 4.99. The predicted octanol–water partition coefficient (Wildman–Crippen LogP) is 2.66. The number of amides is 1. The Labute approximate surface area is 149 Å². The van der Waals surface area contributed by atoms with E-state index in [1.54, 1.807) is 11.0 Å². The number of hydrogen-bond acceptors (Lipinski definition) is 5. The van der Waals surface area contributed by atoms with Gasteiger partial charge in [0.2, 0.25) is 0 Å². The summed E-state index contributed by atoms with van der Waals surface area (Å²) in [6.07, 6.45) is 4.67. The lowest BCUT2D eigenvalue weighted by Gasteiger charge is -2.33. The van der Waals surface area contributed by atoms with Crippen molar-refractivity contribution in [1.29, 1.82) is 0 Å². The number of nitrogens with one attached hydrogen (secondary N) is 1. The number of carbonyl (C=O) groups is 1. The van der Waals surface area contributed by atoms with E-state index in [0.717, 1.165) is 19.5 Å². The number of benzene rings is 1. The van der Waals surface area contributed by atoms with E-state index in [-0.39, 0.29) is 11.6 Å². The van der Waals surface area contributed by atoms with Crippen molar-refractivity contribution in [2.24, 2.45) is 0 Å². The first-order chi connectivity index (χ1) is 11.9. The Morgan fingerprint density at radius 3 is 2.80 bits per heavy atom. The van der Waals surface area contributed by atoms with E-state index in [1.165, 1.54) is 31.4 Å². The fraction of sp³-hybridized carbons (Fsp3) is 0.611. The second-order valence-corrected chi connectivity index (χ2v) is 6.84. The Bertz CT molecular complexity index is 618. The van der Waals surface area contributed by atoms with Gasteiger partial charge in [-0.05, 0) is 38.8 Å². The van der Waals surface area contributed by atoms with Crippen molar-refractivity contribution >= 4 is 17.3 Å². The first-order valence-corrected chi connectivity index (χ1v) is 8.88. The van der Waals surface area contributed by atoms with E-state index in [9.17, 15) is 14.9 Å². The van der Waals surface area contributed by atoms with E-state index in [1.807, 2.05) is 14.1 Å². The van der Waals surface area contributed by atoms with Crippen LogP contribution in [0.3, 0.4) is 0 Å². The molecular formula is C18H28N4O3. The van der Waals surface area contributed by atoms with Crippen LogP contribution in [0.15, 0.2) is 18.2 Å². The fourth-order valence-electron chi connectivity index (χ4n) is 3.28. The zero-order chi connectivity index (χ0) is 18.4. The Morgan fingerprint density at radius 1 is 1.40 bits per heavy atom. The standard InChI is InChI=1S/C18H28N4O3/c1-14-7-4-5-11-21(14)12-6-10-19-18(23)16-13-15(22(24)25)8-9-17(16)20(2)3/h8-9,13-14H,4-7,10-12H2,1-3H3,(H,19,23)/t14-/m0/s1. The van der Waals surface area contributed by atoms with Gasteiger partial charge >= 0.3 is 0 Å². The molecule has 1 atom stereocenters. The van der Waals surface area contributed by atoms with Gasteiger partial charge in [0.15, 0.2) is 0 Å². The molecule has 7 heteroatoms. The van der Waals surface area contributed by atoms with Gasteiger partial charge in [0.25, 0.3) is 11.6 Å². The zero-order valence-electron chi connectivity index (χ0n) is 15.3. The van der Waals surface area contributed by atoms with Crippen molar-refractivity contribution in [1.82, 2.24) is 10.2 Å². The van der Waals surface area contributed by atoms with Gasteiger partial charge < -0.3 is 15.1 Å². The summed E-state index contributed by atoms with van der Waals surface area (Å²) in [5, 5.41) is 13.9. The van der Waals surface area contributed by atoms with Crippen LogP contribution in [0.25, 0.3) is 0 Å². The van der Waals surface area contributed by atoms with Gasteiger partial charge in [0.1, 0.15) is 0 Å². The van der Waals surface area contributed by atoms with Crippen molar-refractivity contribution in [3.63, 3.8) is 0 Å². The maximum atomic E-state index is 12.5. The van der Waals surface area contributed by atoms with E-state index in [2.05, 4.69) is 17.1 Å². The molecule has 1 N–H and O–H groups in total. The van der Waals surface area contributed by atoms with Crippen LogP contribution in [0.4, 0.5) is 11.4 Å². The molecule has 1 aliphatic rings. The maximum absolute atomic E-state index is 12.5. The topological polar surface area (TPSA) is 78.7 Å². The average molecular weight is 348 g/mol. The number of anilines is 1. The Balaban J connectivity index is 1.93. The Kier molecular flexibility index (Phi) is 6.75. The van der Waals surface area contributed by atoms with Crippen molar-refractivity contribution < 1.29 is 9.72 Å². The van der Waals surface area contributed by atoms with Gasteiger partial charge in [0.05, 0.1) is 10.5 Å². The number of nitro groups is 1. The molecule has 1 saturated heterocycles. The number of rotatable bonds is 7. The van der Waals surface area contributed by atoms with Crippen molar-refractivity contribution in [2.45, 2.75) is 38.6 Å². The number of nitro benzene ring substituents is 1. The number of non-ortho nitro benzene ring substituents is 1. The van der Waals surface area contributed by atoms with Crippen molar-refractivity contribution in [3.05, 3.63) is 33.9 Å². The van der Waals surface area contributed by atoms with Gasteiger partial charge in [-0.2, -0.15) is 0 Å². The molecule has 0 aliphatic carbocycles. The molecule has 25 heavy (non-hydrogen) atoms. The molecule has 1 aliphatic heterocycles. The van der Waals surface area contributed by atoms with Gasteiger partial charge in [-0.3, -0.25) is 14.9 Å². The lowest BCUT2D eigenvalue weighted by molar-refractivity contribution is -0.384. The smallest absolute Gasteiger partial charge is 0.270 e. The van der Waals surface area contributed by atoms with Crippen LogP contribution in [0, 0.1) is 10.1 Å². The van der Waals surface area contributed by atoms with Gasteiger partial charge in [-0.1, -0.05) is 6.42 Å². The molecule has 1 heterocycles. The maximum Gasteiger partial charge on any atom is 0.270 e. The third-order valence-corrected chi connectivity index (χ3v) is 4.77. The first kappa shape index (κ1) is 19.2. The van der Waals surface area contributed by atoms with Crippen LogP contribution < -0.4 is 10.2 Å². The van der Waals surface area contributed by atoms with Crippen LogP contribution in [0.1, 0.15) is 43.0 Å².